The summed E-state index contributed by atoms with van der Waals surface area (Å²) in [6.07, 6.45) is -0.258. The van der Waals surface area contributed by atoms with Crippen molar-refractivity contribution in [1.29, 1.82) is 0 Å². The van der Waals surface area contributed by atoms with E-state index in [0.29, 0.717) is 24.6 Å². The zero-order chi connectivity index (χ0) is 14.1. The number of piperidine rings is 1. The van der Waals surface area contributed by atoms with Crippen LogP contribution in [0.25, 0.3) is 0 Å². The molecule has 1 N–H and O–H groups in total. The fourth-order valence-corrected chi connectivity index (χ4v) is 2.59. The predicted molar refractivity (Wildman–Crippen MR) is 72.7 cm³/mol. The average Bonchev–Trinajstić information content (AvgIpc) is 2.49. The zero-order valence-corrected chi connectivity index (χ0v) is 11.5. The largest absolute Gasteiger partial charge is 0.485 e. The lowest BCUT2D eigenvalue weighted by molar-refractivity contribution is -0.145. The van der Waals surface area contributed by atoms with Gasteiger partial charge in [0.2, 0.25) is 6.10 Å². The van der Waals surface area contributed by atoms with Gasteiger partial charge in [-0.1, -0.05) is 19.1 Å². The number of aliphatic hydroxyl groups is 1. The quantitative estimate of drug-likeness (QED) is 0.834. The van der Waals surface area contributed by atoms with Crippen molar-refractivity contribution in [2.24, 2.45) is 5.92 Å². The minimum absolute atomic E-state index is 0.106. The van der Waals surface area contributed by atoms with Gasteiger partial charge in [-0.25, -0.2) is 0 Å². The standard InChI is InChI=1S/C15H19NO4/c1-10-6-7-16(8-11(10)17)15(18)14-9-19-12-4-2-3-5-13(12)20-14/h2-5,10-11,14,17H,6-9H2,1H3. The number of amides is 1. The van der Waals surface area contributed by atoms with E-state index in [9.17, 15) is 9.90 Å². The summed E-state index contributed by atoms with van der Waals surface area (Å²) in [5.41, 5.74) is 0. The maximum atomic E-state index is 12.4. The summed E-state index contributed by atoms with van der Waals surface area (Å²) < 4.78 is 11.3. The summed E-state index contributed by atoms with van der Waals surface area (Å²) in [5, 5.41) is 9.89. The van der Waals surface area contributed by atoms with Crippen LogP contribution in [0.15, 0.2) is 24.3 Å². The summed E-state index contributed by atoms with van der Waals surface area (Å²) in [6.45, 7) is 3.26. The number of ether oxygens (including phenoxy) is 2. The summed E-state index contributed by atoms with van der Waals surface area (Å²) in [6, 6.07) is 7.33. The third-order valence-corrected chi connectivity index (χ3v) is 4.01. The molecule has 5 heteroatoms. The van der Waals surface area contributed by atoms with Crippen molar-refractivity contribution in [1.82, 2.24) is 4.90 Å². The van der Waals surface area contributed by atoms with Crippen molar-refractivity contribution in [2.75, 3.05) is 19.7 Å². The van der Waals surface area contributed by atoms with Gasteiger partial charge in [-0.2, -0.15) is 0 Å². The highest BCUT2D eigenvalue weighted by molar-refractivity contribution is 5.82. The number of nitrogens with zero attached hydrogens (tertiary/aromatic N) is 1. The first-order chi connectivity index (χ1) is 9.65. The lowest BCUT2D eigenvalue weighted by atomic mass is 9.96. The Kier molecular flexibility index (Phi) is 3.53. The Bertz CT molecular complexity index is 504. The Hall–Kier alpha value is -1.75. The monoisotopic (exact) mass is 277 g/mol. The molecular weight excluding hydrogens is 258 g/mol. The lowest BCUT2D eigenvalue weighted by Gasteiger charge is -2.37. The Balaban J connectivity index is 1.67. The minimum atomic E-state index is -0.620. The second kappa shape index (κ2) is 5.32. The fourth-order valence-electron chi connectivity index (χ4n) is 2.59. The maximum absolute atomic E-state index is 12.4. The number of rotatable bonds is 1. The van der Waals surface area contributed by atoms with Crippen molar-refractivity contribution in [3.8, 4) is 11.5 Å². The molecular formula is C15H19NO4. The first kappa shape index (κ1) is 13.2. The number of para-hydroxylation sites is 2. The molecule has 1 saturated heterocycles. The molecule has 20 heavy (non-hydrogen) atoms. The van der Waals surface area contributed by atoms with Gasteiger partial charge >= 0.3 is 0 Å². The molecule has 0 aromatic heterocycles. The number of hydrogen-bond donors (Lipinski definition) is 1. The van der Waals surface area contributed by atoms with Crippen LogP contribution in [0.1, 0.15) is 13.3 Å². The van der Waals surface area contributed by atoms with Gasteiger partial charge in [-0.05, 0) is 24.5 Å². The molecule has 0 bridgehead atoms. The number of β-amino-alcohol motifs (C(OH)–C–C–N with tert-alkyl or cyclic N) is 1. The first-order valence-corrected chi connectivity index (χ1v) is 7.00. The molecule has 3 rings (SSSR count). The van der Waals surface area contributed by atoms with E-state index in [2.05, 4.69) is 0 Å². The van der Waals surface area contributed by atoms with Crippen LogP contribution in [-0.4, -0.2) is 47.8 Å². The Morgan fingerprint density at radius 2 is 2.10 bits per heavy atom. The van der Waals surface area contributed by atoms with E-state index in [0.717, 1.165) is 6.42 Å². The second-order valence-corrected chi connectivity index (χ2v) is 5.48. The third-order valence-electron chi connectivity index (χ3n) is 4.01. The number of fused-ring (bicyclic) bond motifs is 1. The van der Waals surface area contributed by atoms with Crippen molar-refractivity contribution in [2.45, 2.75) is 25.6 Å². The molecule has 1 fully saturated rings. The van der Waals surface area contributed by atoms with Crippen LogP contribution in [0.4, 0.5) is 0 Å². The summed E-state index contributed by atoms with van der Waals surface area (Å²) >= 11 is 0. The first-order valence-electron chi connectivity index (χ1n) is 7.00. The van der Waals surface area contributed by atoms with Gasteiger partial charge in [0, 0.05) is 13.1 Å². The summed E-state index contributed by atoms with van der Waals surface area (Å²) in [5.74, 6) is 1.40. The highest BCUT2D eigenvalue weighted by Gasteiger charge is 2.34. The van der Waals surface area contributed by atoms with E-state index in [-0.39, 0.29) is 18.4 Å². The molecule has 5 nitrogen and oxygen atoms in total. The number of benzene rings is 1. The van der Waals surface area contributed by atoms with E-state index in [4.69, 9.17) is 9.47 Å². The Morgan fingerprint density at radius 3 is 2.85 bits per heavy atom. The Morgan fingerprint density at radius 1 is 1.35 bits per heavy atom. The predicted octanol–water partition coefficient (Wildman–Crippen LogP) is 1.06. The Labute approximate surface area is 118 Å². The molecule has 0 spiro atoms. The minimum Gasteiger partial charge on any atom is -0.485 e. The van der Waals surface area contributed by atoms with E-state index in [1.807, 2.05) is 25.1 Å². The molecule has 108 valence electrons. The molecule has 3 unspecified atom stereocenters. The van der Waals surface area contributed by atoms with E-state index in [1.54, 1.807) is 11.0 Å². The molecule has 1 amide bonds. The van der Waals surface area contributed by atoms with Gasteiger partial charge < -0.3 is 19.5 Å². The fraction of sp³-hybridized carbons (Fsp3) is 0.533. The van der Waals surface area contributed by atoms with E-state index < -0.39 is 12.2 Å². The molecule has 0 radical (unpaired) electrons. The van der Waals surface area contributed by atoms with Gasteiger partial charge in [-0.15, -0.1) is 0 Å². The van der Waals surface area contributed by atoms with Crippen LogP contribution in [0, 0.1) is 5.92 Å². The van der Waals surface area contributed by atoms with Crippen molar-refractivity contribution in [3.63, 3.8) is 0 Å². The smallest absolute Gasteiger partial charge is 0.267 e. The topological polar surface area (TPSA) is 59.0 Å². The number of carbonyl (C=O) groups is 1. The third kappa shape index (κ3) is 2.45. The van der Waals surface area contributed by atoms with Gasteiger partial charge in [0.1, 0.15) is 6.61 Å². The summed E-state index contributed by atoms with van der Waals surface area (Å²) in [4.78, 5) is 14.1. The van der Waals surface area contributed by atoms with Crippen LogP contribution in [0.5, 0.6) is 11.5 Å². The molecule has 1 aromatic rings. The van der Waals surface area contributed by atoms with Crippen LogP contribution in [0.2, 0.25) is 0 Å². The van der Waals surface area contributed by atoms with Crippen molar-refractivity contribution >= 4 is 5.91 Å². The highest BCUT2D eigenvalue weighted by Crippen LogP contribution is 2.31. The van der Waals surface area contributed by atoms with E-state index in [1.165, 1.54) is 0 Å². The SMILES string of the molecule is CC1CCN(C(=O)C2COc3ccccc3O2)CC1O. The van der Waals surface area contributed by atoms with Gasteiger partial charge in [0.05, 0.1) is 6.10 Å². The molecule has 1 aromatic carbocycles. The molecule has 0 saturated carbocycles. The maximum Gasteiger partial charge on any atom is 0.267 e. The van der Waals surface area contributed by atoms with Crippen molar-refractivity contribution in [3.05, 3.63) is 24.3 Å². The molecule has 2 aliphatic heterocycles. The van der Waals surface area contributed by atoms with Crippen molar-refractivity contribution < 1.29 is 19.4 Å². The number of carbonyl (C=O) groups excluding carboxylic acids is 1. The number of likely N-dealkylation sites (tertiary alicyclic amines) is 1. The molecule has 0 aliphatic carbocycles. The number of hydrogen-bond acceptors (Lipinski definition) is 4. The van der Waals surface area contributed by atoms with Gasteiger partial charge in [0.15, 0.2) is 11.5 Å². The summed E-state index contributed by atoms with van der Waals surface area (Å²) in [7, 11) is 0. The zero-order valence-electron chi connectivity index (χ0n) is 11.5. The highest BCUT2D eigenvalue weighted by atomic mass is 16.6. The molecule has 2 heterocycles. The lowest BCUT2D eigenvalue weighted by Crippen LogP contribution is -2.52. The number of aliphatic hydroxyl groups excluding tert-OH is 1. The van der Waals surface area contributed by atoms with Gasteiger partial charge in [0.25, 0.3) is 5.91 Å². The molecule has 3 atom stereocenters. The average molecular weight is 277 g/mol. The van der Waals surface area contributed by atoms with Crippen LogP contribution in [-0.2, 0) is 4.79 Å². The normalized spacial score (nSPS) is 29.1. The van der Waals surface area contributed by atoms with Crippen LogP contribution < -0.4 is 9.47 Å². The molecule has 2 aliphatic rings. The van der Waals surface area contributed by atoms with Crippen LogP contribution >= 0.6 is 0 Å². The van der Waals surface area contributed by atoms with Crippen LogP contribution in [0.3, 0.4) is 0 Å². The van der Waals surface area contributed by atoms with E-state index >= 15 is 0 Å². The van der Waals surface area contributed by atoms with Gasteiger partial charge in [-0.3, -0.25) is 4.79 Å². The second-order valence-electron chi connectivity index (χ2n) is 5.48.